The van der Waals surface area contributed by atoms with Gasteiger partial charge in [0, 0.05) is 13.0 Å². The summed E-state index contributed by atoms with van der Waals surface area (Å²) in [6.45, 7) is 0.632. The van der Waals surface area contributed by atoms with Crippen LogP contribution in [0.25, 0.3) is 11.1 Å². The minimum atomic E-state index is -0.285. The number of ether oxygens (including phenoxy) is 2. The number of hydrogen-bond donors (Lipinski definition) is 1. The number of carbonyl (C=O) groups is 1. The molecule has 1 fully saturated rings. The highest BCUT2D eigenvalue weighted by Gasteiger charge is 2.31. The van der Waals surface area contributed by atoms with E-state index >= 15 is 0 Å². The number of esters is 1. The van der Waals surface area contributed by atoms with Gasteiger partial charge in [0.05, 0.1) is 11.6 Å². The summed E-state index contributed by atoms with van der Waals surface area (Å²) in [6, 6.07) is 15.9. The Morgan fingerprint density at radius 3 is 2.65 bits per heavy atom. The van der Waals surface area contributed by atoms with E-state index in [4.69, 9.17) is 9.47 Å². The highest BCUT2D eigenvalue weighted by Crippen LogP contribution is 2.32. The first-order chi connectivity index (χ1) is 11.2. The van der Waals surface area contributed by atoms with Gasteiger partial charge in [0.25, 0.3) is 0 Å². The van der Waals surface area contributed by atoms with E-state index in [0.717, 1.165) is 21.3 Å². The average molecular weight is 376 g/mol. The van der Waals surface area contributed by atoms with Crippen LogP contribution in [0.1, 0.15) is 6.42 Å². The third-order valence-corrected chi connectivity index (χ3v) is 4.53. The molecule has 0 amide bonds. The maximum Gasteiger partial charge on any atom is 0.323 e. The van der Waals surface area contributed by atoms with E-state index in [1.54, 1.807) is 0 Å². The molecule has 120 valence electrons. The number of rotatable bonds is 4. The van der Waals surface area contributed by atoms with Crippen LogP contribution in [0.4, 0.5) is 0 Å². The Hall–Kier alpha value is -1.85. The molecule has 4 nitrogen and oxygen atoms in total. The molecule has 1 heterocycles. The number of benzene rings is 2. The van der Waals surface area contributed by atoms with Crippen molar-refractivity contribution in [3.05, 3.63) is 53.0 Å². The van der Waals surface area contributed by atoms with Crippen LogP contribution in [0, 0.1) is 0 Å². The number of methoxy groups -OCH3 is 1. The lowest BCUT2D eigenvalue weighted by Gasteiger charge is -2.15. The molecule has 2 aromatic rings. The van der Waals surface area contributed by atoms with Gasteiger partial charge in [-0.1, -0.05) is 36.4 Å². The maximum absolute atomic E-state index is 11.5. The van der Waals surface area contributed by atoms with Gasteiger partial charge in [-0.15, -0.1) is 0 Å². The fourth-order valence-electron chi connectivity index (χ4n) is 2.70. The lowest BCUT2D eigenvalue weighted by atomic mass is 10.1. The minimum absolute atomic E-state index is 0.0435. The Morgan fingerprint density at radius 2 is 1.96 bits per heavy atom. The van der Waals surface area contributed by atoms with E-state index in [0.29, 0.717) is 13.0 Å². The fourth-order valence-corrected chi connectivity index (χ4v) is 3.17. The average Bonchev–Trinajstić information content (AvgIpc) is 3.05. The van der Waals surface area contributed by atoms with Crippen LogP contribution >= 0.6 is 15.9 Å². The van der Waals surface area contributed by atoms with Crippen molar-refractivity contribution in [1.82, 2.24) is 5.32 Å². The number of nitrogens with one attached hydrogen (secondary N) is 1. The number of halogens is 1. The summed E-state index contributed by atoms with van der Waals surface area (Å²) in [5.41, 5.74) is 2.29. The molecular formula is C18H18BrNO3. The normalized spacial score (nSPS) is 20.3. The molecule has 0 saturated carbocycles. The third kappa shape index (κ3) is 3.74. The van der Waals surface area contributed by atoms with Gasteiger partial charge in [-0.2, -0.15) is 0 Å². The second-order valence-corrected chi connectivity index (χ2v) is 6.33. The van der Waals surface area contributed by atoms with Crippen molar-refractivity contribution in [2.75, 3.05) is 13.7 Å². The summed E-state index contributed by atoms with van der Waals surface area (Å²) < 4.78 is 11.7. The second kappa shape index (κ2) is 7.15. The Kier molecular flexibility index (Phi) is 4.98. The van der Waals surface area contributed by atoms with Gasteiger partial charge < -0.3 is 14.8 Å². The van der Waals surface area contributed by atoms with Gasteiger partial charge in [0.2, 0.25) is 0 Å². The van der Waals surface area contributed by atoms with Crippen LogP contribution in [0.5, 0.6) is 5.75 Å². The predicted octanol–water partition coefficient (Wildman–Crippen LogP) is 3.40. The van der Waals surface area contributed by atoms with Crippen LogP contribution in [0.3, 0.4) is 0 Å². The summed E-state index contributed by atoms with van der Waals surface area (Å²) in [7, 11) is 1.40. The lowest BCUT2D eigenvalue weighted by molar-refractivity contribution is -0.142. The molecule has 0 aliphatic carbocycles. The SMILES string of the molecule is COC(=O)C1CC(Oc2ccc(-c3ccccc3)cc2Br)CN1. The van der Waals surface area contributed by atoms with E-state index in [2.05, 4.69) is 33.4 Å². The molecule has 2 unspecified atom stereocenters. The molecule has 5 heteroatoms. The van der Waals surface area contributed by atoms with Gasteiger partial charge in [-0.3, -0.25) is 4.79 Å². The maximum atomic E-state index is 11.5. The van der Waals surface area contributed by atoms with E-state index in [1.165, 1.54) is 7.11 Å². The topological polar surface area (TPSA) is 47.6 Å². The fraction of sp³-hybridized carbons (Fsp3) is 0.278. The molecule has 23 heavy (non-hydrogen) atoms. The highest BCUT2D eigenvalue weighted by atomic mass is 79.9. The van der Waals surface area contributed by atoms with Gasteiger partial charge in [0.1, 0.15) is 17.9 Å². The zero-order chi connectivity index (χ0) is 16.2. The minimum Gasteiger partial charge on any atom is -0.488 e. The molecule has 1 aliphatic rings. The zero-order valence-corrected chi connectivity index (χ0v) is 14.4. The van der Waals surface area contributed by atoms with E-state index in [1.807, 2.05) is 36.4 Å². The van der Waals surface area contributed by atoms with Crippen molar-refractivity contribution >= 4 is 21.9 Å². The van der Waals surface area contributed by atoms with Gasteiger partial charge >= 0.3 is 5.97 Å². The van der Waals surface area contributed by atoms with E-state index < -0.39 is 0 Å². The molecule has 1 N–H and O–H groups in total. The standard InChI is InChI=1S/C18H18BrNO3/c1-22-18(21)16-10-14(11-20-16)23-17-8-7-13(9-15(17)19)12-5-3-2-4-6-12/h2-9,14,16,20H,10-11H2,1H3. The largest absolute Gasteiger partial charge is 0.488 e. The van der Waals surface area contributed by atoms with Gasteiger partial charge in [-0.25, -0.2) is 0 Å². The molecule has 1 saturated heterocycles. The number of hydrogen-bond acceptors (Lipinski definition) is 4. The first-order valence-corrected chi connectivity index (χ1v) is 8.29. The summed E-state index contributed by atoms with van der Waals surface area (Å²) in [6.07, 6.45) is 0.567. The first kappa shape index (κ1) is 16.0. The smallest absolute Gasteiger partial charge is 0.323 e. The Balaban J connectivity index is 1.69. The molecule has 0 bridgehead atoms. The van der Waals surface area contributed by atoms with Crippen LogP contribution in [-0.4, -0.2) is 31.8 Å². The highest BCUT2D eigenvalue weighted by molar-refractivity contribution is 9.10. The summed E-state index contributed by atoms with van der Waals surface area (Å²) >= 11 is 3.57. The molecule has 2 atom stereocenters. The molecule has 0 aromatic heterocycles. The van der Waals surface area contributed by atoms with Crippen molar-refractivity contribution in [3.63, 3.8) is 0 Å². The van der Waals surface area contributed by atoms with Crippen molar-refractivity contribution in [3.8, 4) is 16.9 Å². The number of carbonyl (C=O) groups excluding carboxylic acids is 1. The van der Waals surface area contributed by atoms with Crippen molar-refractivity contribution in [1.29, 1.82) is 0 Å². The monoisotopic (exact) mass is 375 g/mol. The molecule has 2 aromatic carbocycles. The lowest BCUT2D eigenvalue weighted by Crippen LogP contribution is -2.31. The summed E-state index contributed by atoms with van der Waals surface area (Å²) in [5.74, 6) is 0.539. The van der Waals surface area contributed by atoms with E-state index in [-0.39, 0.29) is 18.1 Å². The summed E-state index contributed by atoms with van der Waals surface area (Å²) in [5, 5.41) is 3.12. The Labute approximate surface area is 143 Å². The van der Waals surface area contributed by atoms with Gasteiger partial charge in [0.15, 0.2) is 0 Å². The van der Waals surface area contributed by atoms with Crippen LogP contribution in [0.15, 0.2) is 53.0 Å². The van der Waals surface area contributed by atoms with Crippen molar-refractivity contribution < 1.29 is 14.3 Å². The molecule has 0 radical (unpaired) electrons. The first-order valence-electron chi connectivity index (χ1n) is 7.50. The quantitative estimate of drug-likeness (QED) is 0.831. The van der Waals surface area contributed by atoms with Gasteiger partial charge in [-0.05, 0) is 39.2 Å². The summed E-state index contributed by atoms with van der Waals surface area (Å²) in [4.78, 5) is 11.5. The molecule has 3 rings (SSSR count). The van der Waals surface area contributed by atoms with Crippen LogP contribution < -0.4 is 10.1 Å². The second-order valence-electron chi connectivity index (χ2n) is 5.47. The van der Waals surface area contributed by atoms with Crippen LogP contribution in [-0.2, 0) is 9.53 Å². The Morgan fingerprint density at radius 1 is 1.17 bits per heavy atom. The molecule has 1 aliphatic heterocycles. The Bertz CT molecular complexity index is 690. The van der Waals surface area contributed by atoms with Crippen molar-refractivity contribution in [2.24, 2.45) is 0 Å². The van der Waals surface area contributed by atoms with Crippen LogP contribution in [0.2, 0.25) is 0 Å². The molecule has 0 spiro atoms. The van der Waals surface area contributed by atoms with E-state index in [9.17, 15) is 4.79 Å². The molecular weight excluding hydrogens is 358 g/mol. The van der Waals surface area contributed by atoms with Crippen molar-refractivity contribution in [2.45, 2.75) is 18.6 Å². The predicted molar refractivity (Wildman–Crippen MR) is 92.4 cm³/mol. The third-order valence-electron chi connectivity index (χ3n) is 3.91. The zero-order valence-electron chi connectivity index (χ0n) is 12.8.